The van der Waals surface area contributed by atoms with Crippen molar-refractivity contribution in [2.75, 3.05) is 43.5 Å². The molecule has 1 saturated carbocycles. The second kappa shape index (κ2) is 6.25. The Labute approximate surface area is 130 Å². The zero-order chi connectivity index (χ0) is 15.5. The van der Waals surface area contributed by atoms with Gasteiger partial charge in [-0.2, -0.15) is 0 Å². The lowest BCUT2D eigenvalue weighted by Gasteiger charge is -2.34. The third-order valence-corrected chi connectivity index (χ3v) is 4.22. The first kappa shape index (κ1) is 14.7. The summed E-state index contributed by atoms with van der Waals surface area (Å²) >= 11 is 0. The van der Waals surface area contributed by atoms with E-state index in [2.05, 4.69) is 10.2 Å². The topological polar surface area (TPSA) is 61.9 Å². The molecule has 0 unspecified atom stereocenters. The van der Waals surface area contributed by atoms with Gasteiger partial charge in [0.2, 0.25) is 12.3 Å². The van der Waals surface area contributed by atoms with E-state index in [0.29, 0.717) is 5.75 Å². The van der Waals surface area contributed by atoms with Gasteiger partial charge in [-0.3, -0.25) is 9.59 Å². The molecule has 22 heavy (non-hydrogen) atoms. The van der Waals surface area contributed by atoms with Crippen LogP contribution in [0.15, 0.2) is 18.2 Å². The van der Waals surface area contributed by atoms with Gasteiger partial charge in [0, 0.05) is 37.8 Å². The van der Waals surface area contributed by atoms with Crippen LogP contribution in [-0.2, 0) is 9.59 Å². The van der Waals surface area contributed by atoms with E-state index in [1.807, 2.05) is 18.2 Å². The second-order valence-electron chi connectivity index (χ2n) is 5.78. The maximum atomic E-state index is 12.0. The molecule has 0 bridgehead atoms. The van der Waals surface area contributed by atoms with Crippen molar-refractivity contribution in [2.24, 2.45) is 5.92 Å². The summed E-state index contributed by atoms with van der Waals surface area (Å²) in [5, 5.41) is 2.97. The molecular weight excluding hydrogens is 282 g/mol. The van der Waals surface area contributed by atoms with Gasteiger partial charge in [0.05, 0.1) is 12.8 Å². The summed E-state index contributed by atoms with van der Waals surface area (Å²) in [6, 6.07) is 5.82. The van der Waals surface area contributed by atoms with E-state index >= 15 is 0 Å². The van der Waals surface area contributed by atoms with Crippen molar-refractivity contribution in [3.05, 3.63) is 18.2 Å². The van der Waals surface area contributed by atoms with E-state index in [1.165, 1.54) is 0 Å². The maximum absolute atomic E-state index is 12.0. The molecule has 118 valence electrons. The third-order valence-electron chi connectivity index (χ3n) is 4.22. The Balaban J connectivity index is 1.74. The molecule has 2 aliphatic rings. The summed E-state index contributed by atoms with van der Waals surface area (Å²) < 4.78 is 5.34. The number of methoxy groups -OCH3 is 1. The van der Waals surface area contributed by atoms with Crippen LogP contribution < -0.4 is 15.0 Å². The second-order valence-corrected chi connectivity index (χ2v) is 5.78. The SMILES string of the molecule is COc1ccc(N2CCN(C=O)CC2)cc1NC(=O)C1CC1. The molecule has 1 heterocycles. The number of benzene rings is 1. The average Bonchev–Trinajstić information content (AvgIpc) is 3.40. The number of hydrogen-bond acceptors (Lipinski definition) is 4. The normalized spacial score (nSPS) is 18.0. The fourth-order valence-electron chi connectivity index (χ4n) is 2.66. The van der Waals surface area contributed by atoms with Crippen LogP contribution in [0.3, 0.4) is 0 Å². The van der Waals surface area contributed by atoms with Crippen LogP contribution in [0, 0.1) is 5.92 Å². The Hall–Kier alpha value is -2.24. The molecule has 0 spiro atoms. The average molecular weight is 303 g/mol. The molecule has 1 aliphatic carbocycles. The van der Waals surface area contributed by atoms with Gasteiger partial charge < -0.3 is 19.9 Å². The van der Waals surface area contributed by atoms with Crippen molar-refractivity contribution in [1.29, 1.82) is 0 Å². The van der Waals surface area contributed by atoms with Crippen molar-refractivity contribution < 1.29 is 14.3 Å². The van der Waals surface area contributed by atoms with Crippen LogP contribution in [0.2, 0.25) is 0 Å². The van der Waals surface area contributed by atoms with Crippen LogP contribution in [0.4, 0.5) is 11.4 Å². The van der Waals surface area contributed by atoms with Gasteiger partial charge in [-0.15, -0.1) is 0 Å². The Morgan fingerprint density at radius 2 is 2.00 bits per heavy atom. The summed E-state index contributed by atoms with van der Waals surface area (Å²) in [6.45, 7) is 3.03. The van der Waals surface area contributed by atoms with E-state index in [1.54, 1.807) is 12.0 Å². The number of ether oxygens (including phenoxy) is 1. The Kier molecular flexibility index (Phi) is 4.18. The van der Waals surface area contributed by atoms with Crippen LogP contribution in [0.25, 0.3) is 0 Å². The standard InChI is InChI=1S/C16H21N3O3/c1-22-15-5-4-13(19-8-6-18(11-20)7-9-19)10-14(15)17-16(21)12-2-3-12/h4-5,10-12H,2-3,6-9H2,1H3,(H,17,21). The smallest absolute Gasteiger partial charge is 0.227 e. The van der Waals surface area contributed by atoms with Crippen molar-refractivity contribution in [3.8, 4) is 5.75 Å². The number of hydrogen-bond donors (Lipinski definition) is 1. The number of piperazine rings is 1. The summed E-state index contributed by atoms with van der Waals surface area (Å²) in [5.74, 6) is 0.898. The van der Waals surface area contributed by atoms with E-state index in [9.17, 15) is 9.59 Å². The number of amides is 2. The van der Waals surface area contributed by atoms with Gasteiger partial charge in [-0.25, -0.2) is 0 Å². The minimum absolute atomic E-state index is 0.0706. The summed E-state index contributed by atoms with van der Waals surface area (Å²) in [4.78, 5) is 26.7. The Morgan fingerprint density at radius 1 is 1.27 bits per heavy atom. The molecule has 1 aliphatic heterocycles. The van der Waals surface area contributed by atoms with Crippen LogP contribution in [-0.4, -0.2) is 50.5 Å². The van der Waals surface area contributed by atoms with E-state index in [-0.39, 0.29) is 11.8 Å². The Morgan fingerprint density at radius 3 is 2.59 bits per heavy atom. The molecule has 3 rings (SSSR count). The number of rotatable bonds is 5. The molecule has 1 saturated heterocycles. The number of anilines is 2. The van der Waals surface area contributed by atoms with Gasteiger partial charge in [0.15, 0.2) is 0 Å². The highest BCUT2D eigenvalue weighted by molar-refractivity contribution is 5.95. The quantitative estimate of drug-likeness (QED) is 0.834. The van der Waals surface area contributed by atoms with Crippen molar-refractivity contribution >= 4 is 23.7 Å². The highest BCUT2D eigenvalue weighted by Gasteiger charge is 2.30. The molecular formula is C16H21N3O3. The maximum Gasteiger partial charge on any atom is 0.227 e. The largest absolute Gasteiger partial charge is 0.495 e. The zero-order valence-electron chi connectivity index (χ0n) is 12.7. The summed E-state index contributed by atoms with van der Waals surface area (Å²) in [7, 11) is 1.60. The molecule has 1 aromatic carbocycles. The van der Waals surface area contributed by atoms with Gasteiger partial charge >= 0.3 is 0 Å². The Bertz CT molecular complexity index is 564. The molecule has 2 amide bonds. The molecule has 2 fully saturated rings. The predicted molar refractivity (Wildman–Crippen MR) is 84.2 cm³/mol. The van der Waals surface area contributed by atoms with Crippen LogP contribution >= 0.6 is 0 Å². The highest BCUT2D eigenvalue weighted by atomic mass is 16.5. The number of carbonyl (C=O) groups is 2. The number of nitrogens with one attached hydrogen (secondary N) is 1. The fraction of sp³-hybridized carbons (Fsp3) is 0.500. The molecule has 0 radical (unpaired) electrons. The highest BCUT2D eigenvalue weighted by Crippen LogP contribution is 2.34. The minimum Gasteiger partial charge on any atom is -0.495 e. The van der Waals surface area contributed by atoms with E-state index in [0.717, 1.165) is 56.8 Å². The lowest BCUT2D eigenvalue weighted by atomic mass is 10.2. The van der Waals surface area contributed by atoms with Crippen molar-refractivity contribution in [2.45, 2.75) is 12.8 Å². The molecule has 1 N–H and O–H groups in total. The number of nitrogens with zero attached hydrogens (tertiary/aromatic N) is 2. The molecule has 1 aromatic rings. The van der Waals surface area contributed by atoms with Crippen LogP contribution in [0.1, 0.15) is 12.8 Å². The van der Waals surface area contributed by atoms with Crippen molar-refractivity contribution in [3.63, 3.8) is 0 Å². The molecule has 6 heteroatoms. The fourth-order valence-corrected chi connectivity index (χ4v) is 2.66. The van der Waals surface area contributed by atoms with Gasteiger partial charge in [0.25, 0.3) is 0 Å². The molecule has 6 nitrogen and oxygen atoms in total. The first-order valence-electron chi connectivity index (χ1n) is 7.64. The van der Waals surface area contributed by atoms with Crippen molar-refractivity contribution in [1.82, 2.24) is 4.90 Å². The first-order chi connectivity index (χ1) is 10.7. The van der Waals surface area contributed by atoms with Gasteiger partial charge in [-0.1, -0.05) is 0 Å². The van der Waals surface area contributed by atoms with E-state index < -0.39 is 0 Å². The minimum atomic E-state index is 0.0706. The predicted octanol–water partition coefficient (Wildman–Crippen LogP) is 1.32. The lowest BCUT2D eigenvalue weighted by molar-refractivity contribution is -0.118. The lowest BCUT2D eigenvalue weighted by Crippen LogP contribution is -2.45. The van der Waals surface area contributed by atoms with Gasteiger partial charge in [0.1, 0.15) is 5.75 Å². The van der Waals surface area contributed by atoms with Gasteiger partial charge in [-0.05, 0) is 31.0 Å². The molecule has 0 atom stereocenters. The summed E-state index contributed by atoms with van der Waals surface area (Å²) in [6.07, 6.45) is 2.84. The zero-order valence-corrected chi connectivity index (χ0v) is 12.7. The molecule has 0 aromatic heterocycles. The third kappa shape index (κ3) is 3.16. The van der Waals surface area contributed by atoms with E-state index in [4.69, 9.17) is 4.74 Å². The first-order valence-corrected chi connectivity index (χ1v) is 7.64. The number of carbonyl (C=O) groups excluding carboxylic acids is 2. The van der Waals surface area contributed by atoms with Crippen LogP contribution in [0.5, 0.6) is 5.75 Å². The summed E-state index contributed by atoms with van der Waals surface area (Å²) in [5.41, 5.74) is 1.76. The monoisotopic (exact) mass is 303 g/mol.